The average molecular weight is 1300 g/mol. The van der Waals surface area contributed by atoms with Crippen LogP contribution in [0.1, 0.15) is 201 Å². The van der Waals surface area contributed by atoms with E-state index in [1.54, 1.807) is 62.3 Å². The summed E-state index contributed by atoms with van der Waals surface area (Å²) in [5.41, 5.74) is 0. The summed E-state index contributed by atoms with van der Waals surface area (Å²) in [6, 6.07) is -9.51. The van der Waals surface area contributed by atoms with Crippen molar-refractivity contribution in [2.24, 2.45) is 59.2 Å². The van der Waals surface area contributed by atoms with E-state index in [9.17, 15) is 48.3 Å². The molecule has 0 bridgehead atoms. The van der Waals surface area contributed by atoms with Crippen LogP contribution in [0.5, 0.6) is 0 Å². The SMILES string of the molecule is CC[C@H]1CC(=O)[C@@H]([C@H](O)[C@H](C)CCCC(=O)N2CCCCC2)N(C)C(=O)[C@@H](C(C)C)N(C)C(=O)[C@@H](CC(C)C)N(C)C(=O)C(C(C)C)N(C)C(=O)[C@H](C)NC(=O)[C@@H](C)CC(=O)[C@@H](CC(C)C)N(C)C(=O)[C@@H](C(C)C)CC(=O)[C@H](CC(C)C)N(C)C(=O)[C@@H](C)N(C)C1=O. The van der Waals surface area contributed by atoms with E-state index < -0.39 is 167 Å². The molecule has 0 aromatic heterocycles. The molecular weight excluding hydrogens is 1170 g/mol. The monoisotopic (exact) mass is 1300 g/mol. The zero-order chi connectivity index (χ0) is 70.8. The lowest BCUT2D eigenvalue weighted by Crippen LogP contribution is -2.62. The second-order valence-corrected chi connectivity index (χ2v) is 29.5. The quantitative estimate of drug-likeness (QED) is 0.162. The van der Waals surface area contributed by atoms with Crippen LogP contribution in [0.25, 0.3) is 0 Å². The Morgan fingerprint density at radius 2 is 0.913 bits per heavy atom. The summed E-state index contributed by atoms with van der Waals surface area (Å²) in [7, 11) is 10.2. The lowest BCUT2D eigenvalue weighted by molar-refractivity contribution is -0.157. The summed E-state index contributed by atoms with van der Waals surface area (Å²) in [5, 5.41) is 15.2. The molecule has 2 N–H and O–H groups in total. The van der Waals surface area contributed by atoms with Gasteiger partial charge < -0.3 is 49.6 Å². The third-order valence-electron chi connectivity index (χ3n) is 19.4. The molecule has 0 radical (unpaired) electrons. The molecule has 92 heavy (non-hydrogen) atoms. The minimum atomic E-state index is -1.56. The highest BCUT2D eigenvalue weighted by molar-refractivity contribution is 6.00. The van der Waals surface area contributed by atoms with Crippen molar-refractivity contribution in [2.45, 2.75) is 256 Å². The molecule has 2 rings (SSSR count). The van der Waals surface area contributed by atoms with Gasteiger partial charge in [-0.25, -0.2) is 0 Å². The zero-order valence-corrected chi connectivity index (χ0v) is 61.0. The summed E-state index contributed by atoms with van der Waals surface area (Å²) in [6.07, 6.45) is 1.98. The van der Waals surface area contributed by atoms with Gasteiger partial charge in [-0.1, -0.05) is 104 Å². The predicted molar refractivity (Wildman–Crippen MR) is 357 cm³/mol. The normalized spacial score (nSPS) is 27.7. The van der Waals surface area contributed by atoms with Gasteiger partial charge in [0.05, 0.1) is 18.2 Å². The van der Waals surface area contributed by atoms with Crippen molar-refractivity contribution in [3.63, 3.8) is 0 Å². The van der Waals surface area contributed by atoms with Crippen LogP contribution in [0.15, 0.2) is 0 Å². The molecule has 2 fully saturated rings. The molecule has 0 aromatic rings. The van der Waals surface area contributed by atoms with Crippen LogP contribution in [0.3, 0.4) is 0 Å². The summed E-state index contributed by atoms with van der Waals surface area (Å²) >= 11 is 0. The third-order valence-corrected chi connectivity index (χ3v) is 19.4. The van der Waals surface area contributed by atoms with Crippen LogP contribution in [-0.4, -0.2) is 232 Å². The van der Waals surface area contributed by atoms with E-state index in [4.69, 9.17) is 0 Å². The highest BCUT2D eigenvalue weighted by atomic mass is 16.3. The van der Waals surface area contributed by atoms with E-state index in [0.717, 1.165) is 24.2 Å². The van der Waals surface area contributed by atoms with E-state index in [-0.39, 0.29) is 68.6 Å². The fourth-order valence-corrected chi connectivity index (χ4v) is 13.3. The van der Waals surface area contributed by atoms with E-state index in [0.29, 0.717) is 25.9 Å². The molecule has 2 heterocycles. The predicted octanol–water partition coefficient (Wildman–Crippen LogP) is 6.76. The number of ketones is 3. The number of aliphatic hydroxyl groups excluding tert-OH is 1. The van der Waals surface area contributed by atoms with Crippen molar-refractivity contribution in [2.75, 3.05) is 62.4 Å². The first-order chi connectivity index (χ1) is 42.6. The summed E-state index contributed by atoms with van der Waals surface area (Å²) in [6.45, 7) is 31.3. The van der Waals surface area contributed by atoms with Gasteiger partial charge in [0.15, 0.2) is 17.3 Å². The number of piperidine rings is 1. The molecule has 13 atom stereocenters. The number of amides is 9. The lowest BCUT2D eigenvalue weighted by atomic mass is 9.84. The topological polar surface area (TPSA) is 263 Å². The Morgan fingerprint density at radius 3 is 1.38 bits per heavy atom. The van der Waals surface area contributed by atoms with E-state index in [1.165, 1.54) is 92.6 Å². The van der Waals surface area contributed by atoms with Crippen LogP contribution in [0.4, 0.5) is 0 Å². The average Bonchev–Trinajstić information content (AvgIpc) is 0.811. The largest absolute Gasteiger partial charge is 0.390 e. The highest BCUT2D eigenvalue weighted by Crippen LogP contribution is 2.30. The summed E-state index contributed by atoms with van der Waals surface area (Å²) in [5.74, 6) is -11.6. The van der Waals surface area contributed by atoms with Gasteiger partial charge >= 0.3 is 0 Å². The number of aliphatic hydroxyl groups is 1. The Kier molecular flexibility index (Phi) is 33.4. The van der Waals surface area contributed by atoms with Crippen LogP contribution in [-0.2, 0) is 57.5 Å². The number of nitrogens with zero attached hydrogens (tertiary/aromatic N) is 8. The summed E-state index contributed by atoms with van der Waals surface area (Å²) < 4.78 is 0. The second kappa shape index (κ2) is 37.3. The van der Waals surface area contributed by atoms with E-state index in [2.05, 4.69) is 5.32 Å². The maximum atomic E-state index is 15.4. The lowest BCUT2D eigenvalue weighted by Gasteiger charge is -2.42. The standard InChI is InChI=1S/C70H123N9O13/c1-25-50-38-57(82)61(62(84)46(14)30-29-31-58(83)79-32-27-26-28-33-79)78(24)70(92)60(45(12)13)77(23)68(90)54(36-42(6)7)75(21)69(91)59(44(10)11)76(22)64(86)48(16)71-63(85)47(15)37-55(80)52(34-40(2)3)74(20)67(89)51(43(8)9)39-56(81)53(35-41(4)5)73(19)65(87)49(17)72(18)66(50)88/h40-54,59-62,84H,25-39H2,1-24H3,(H,71,85)/t46-,47+,48+,49-,50+,51-,52-,53+,54-,59?,60-,61+,62-/m1/s1. The number of likely N-dealkylation sites (N-methyl/N-ethyl adjacent to an activating group) is 7. The minimum Gasteiger partial charge on any atom is -0.390 e. The van der Waals surface area contributed by atoms with Crippen molar-refractivity contribution in [1.82, 2.24) is 44.5 Å². The number of rotatable bonds is 16. The molecule has 0 aliphatic carbocycles. The van der Waals surface area contributed by atoms with Crippen molar-refractivity contribution in [3.05, 3.63) is 0 Å². The number of hydrogen-bond acceptors (Lipinski definition) is 13. The Hall–Kier alpha value is -5.80. The molecular formula is C70H123N9O13. The smallest absolute Gasteiger partial charge is 0.246 e. The maximum absolute atomic E-state index is 15.4. The van der Waals surface area contributed by atoms with Crippen LogP contribution < -0.4 is 5.32 Å². The Bertz CT molecular complexity index is 2530. The Balaban J connectivity index is 2.98. The van der Waals surface area contributed by atoms with Crippen molar-refractivity contribution in [3.8, 4) is 0 Å². The Labute approximate surface area is 552 Å². The van der Waals surface area contributed by atoms with Gasteiger partial charge in [0.25, 0.3) is 0 Å². The van der Waals surface area contributed by atoms with Gasteiger partial charge in [0.1, 0.15) is 36.3 Å². The molecule has 9 amide bonds. The van der Waals surface area contributed by atoms with Crippen LogP contribution in [0.2, 0.25) is 0 Å². The molecule has 22 heteroatoms. The van der Waals surface area contributed by atoms with Crippen molar-refractivity contribution >= 4 is 70.5 Å². The third kappa shape index (κ3) is 22.2. The number of carbonyl (C=O) groups is 12. The molecule has 526 valence electrons. The first kappa shape index (κ1) is 82.3. The van der Waals surface area contributed by atoms with Gasteiger partial charge in [-0.2, -0.15) is 0 Å². The fraction of sp³-hybridized carbons (Fsp3) is 0.829. The van der Waals surface area contributed by atoms with Crippen molar-refractivity contribution < 1.29 is 62.6 Å². The first-order valence-electron chi connectivity index (χ1n) is 34.3. The number of hydrogen-bond donors (Lipinski definition) is 2. The molecule has 1 unspecified atom stereocenters. The highest BCUT2D eigenvalue weighted by Gasteiger charge is 2.46. The number of Topliss-reactive ketones (excluding diaryl/α,β-unsaturated/α-hetero) is 3. The van der Waals surface area contributed by atoms with E-state index >= 15 is 14.4 Å². The van der Waals surface area contributed by atoms with Crippen LogP contribution >= 0.6 is 0 Å². The molecule has 0 spiro atoms. The second-order valence-electron chi connectivity index (χ2n) is 29.5. The molecule has 2 aliphatic rings. The summed E-state index contributed by atoms with van der Waals surface area (Å²) in [4.78, 5) is 187. The first-order valence-corrected chi connectivity index (χ1v) is 34.3. The molecule has 0 saturated carbocycles. The molecule has 2 aliphatic heterocycles. The van der Waals surface area contributed by atoms with Gasteiger partial charge in [-0.15, -0.1) is 0 Å². The van der Waals surface area contributed by atoms with E-state index in [1.807, 2.05) is 46.4 Å². The van der Waals surface area contributed by atoms with Gasteiger partial charge in [-0.3, -0.25) is 57.5 Å². The van der Waals surface area contributed by atoms with Crippen molar-refractivity contribution in [1.29, 1.82) is 0 Å². The minimum absolute atomic E-state index is 0.00165. The Morgan fingerprint density at radius 1 is 0.478 bits per heavy atom. The van der Waals surface area contributed by atoms with Crippen LogP contribution in [0, 0.1) is 59.2 Å². The maximum Gasteiger partial charge on any atom is 0.246 e. The molecule has 0 aromatic carbocycles. The van der Waals surface area contributed by atoms with Gasteiger partial charge in [0.2, 0.25) is 53.2 Å². The fourth-order valence-electron chi connectivity index (χ4n) is 13.3. The van der Waals surface area contributed by atoms with Gasteiger partial charge in [0, 0.05) is 106 Å². The molecule has 2 saturated heterocycles. The number of carbonyl (C=O) groups excluding carboxylic acids is 12. The molecule has 22 nitrogen and oxygen atoms in total. The number of likely N-dealkylation sites (tertiary alicyclic amines) is 1. The zero-order valence-electron chi connectivity index (χ0n) is 61.0. The number of nitrogens with one attached hydrogen (secondary N) is 1. The van der Waals surface area contributed by atoms with Gasteiger partial charge in [-0.05, 0) is 113 Å².